The fourth-order valence-corrected chi connectivity index (χ4v) is 2.51. The van der Waals surface area contributed by atoms with E-state index in [9.17, 15) is 0 Å². The number of rotatable bonds is 2. The van der Waals surface area contributed by atoms with Gasteiger partial charge in [-0.2, -0.15) is 5.26 Å². The van der Waals surface area contributed by atoms with Crippen molar-refractivity contribution in [3.63, 3.8) is 0 Å². The summed E-state index contributed by atoms with van der Waals surface area (Å²) in [6.45, 7) is 4.28. The van der Waals surface area contributed by atoms with Gasteiger partial charge in [0.2, 0.25) is 0 Å². The average Bonchev–Trinajstić information content (AvgIpc) is 2.32. The quantitative estimate of drug-likeness (QED) is 0.881. The first kappa shape index (κ1) is 12.4. The fourth-order valence-electron chi connectivity index (χ4n) is 2.15. The lowest BCUT2D eigenvalue weighted by Crippen LogP contribution is -2.45. The van der Waals surface area contributed by atoms with E-state index in [1.165, 1.54) is 0 Å². The van der Waals surface area contributed by atoms with Gasteiger partial charge in [-0.1, -0.05) is 15.9 Å². The second kappa shape index (κ2) is 5.07. The third-order valence-corrected chi connectivity index (χ3v) is 3.74. The molecule has 2 rings (SSSR count). The molecule has 1 heterocycles. The lowest BCUT2D eigenvalue weighted by atomic mass is 9.90. The van der Waals surface area contributed by atoms with Crippen LogP contribution in [-0.4, -0.2) is 18.6 Å². The van der Waals surface area contributed by atoms with E-state index in [4.69, 9.17) is 5.26 Å². The number of halogens is 1. The van der Waals surface area contributed by atoms with E-state index < -0.39 is 0 Å². The van der Waals surface area contributed by atoms with Crippen molar-refractivity contribution >= 4 is 21.6 Å². The van der Waals surface area contributed by atoms with Gasteiger partial charge in [0.1, 0.15) is 6.07 Å². The first-order valence-corrected chi connectivity index (χ1v) is 6.61. The van der Waals surface area contributed by atoms with Crippen LogP contribution in [-0.2, 0) is 0 Å². The van der Waals surface area contributed by atoms with E-state index in [-0.39, 0.29) is 5.54 Å². The Balaban J connectivity index is 2.20. The molecule has 0 unspecified atom stereocenters. The second-order valence-corrected chi connectivity index (χ2v) is 5.65. The Labute approximate surface area is 110 Å². The van der Waals surface area contributed by atoms with Crippen LogP contribution >= 0.6 is 15.9 Å². The van der Waals surface area contributed by atoms with Gasteiger partial charge in [0.05, 0.1) is 11.3 Å². The topological polar surface area (TPSA) is 47.9 Å². The molecule has 0 amide bonds. The molecule has 0 radical (unpaired) electrons. The molecule has 0 aromatic heterocycles. The standard InChI is InChI=1S/C13H16BrN3/c1-13(4-6-16-7-5-13)17-12-3-2-11(14)8-10(12)9-15/h2-3,8,16-17H,4-7H2,1H3. The normalized spacial score (nSPS) is 18.4. The molecule has 1 saturated heterocycles. The van der Waals surface area contributed by atoms with Gasteiger partial charge in [0.15, 0.2) is 0 Å². The van der Waals surface area contributed by atoms with Crippen molar-refractivity contribution in [3.05, 3.63) is 28.2 Å². The lowest BCUT2D eigenvalue weighted by Gasteiger charge is -2.36. The molecule has 17 heavy (non-hydrogen) atoms. The Morgan fingerprint density at radius 3 is 2.76 bits per heavy atom. The highest BCUT2D eigenvalue weighted by molar-refractivity contribution is 9.10. The molecule has 0 aliphatic carbocycles. The minimum absolute atomic E-state index is 0.0880. The van der Waals surface area contributed by atoms with Crippen molar-refractivity contribution < 1.29 is 0 Å². The Morgan fingerprint density at radius 2 is 2.12 bits per heavy atom. The van der Waals surface area contributed by atoms with Crippen LogP contribution in [0.2, 0.25) is 0 Å². The Morgan fingerprint density at radius 1 is 1.41 bits per heavy atom. The Kier molecular flexibility index (Phi) is 3.70. The van der Waals surface area contributed by atoms with Crippen LogP contribution in [0.25, 0.3) is 0 Å². The number of hydrogen-bond donors (Lipinski definition) is 2. The van der Waals surface area contributed by atoms with E-state index >= 15 is 0 Å². The predicted molar refractivity (Wildman–Crippen MR) is 73.0 cm³/mol. The van der Waals surface area contributed by atoms with Crippen LogP contribution in [0.15, 0.2) is 22.7 Å². The number of anilines is 1. The molecule has 0 bridgehead atoms. The zero-order chi connectivity index (χ0) is 12.3. The largest absolute Gasteiger partial charge is 0.379 e. The summed E-state index contributed by atoms with van der Waals surface area (Å²) >= 11 is 3.39. The highest BCUT2D eigenvalue weighted by Gasteiger charge is 2.26. The highest BCUT2D eigenvalue weighted by atomic mass is 79.9. The summed E-state index contributed by atoms with van der Waals surface area (Å²) < 4.78 is 0.940. The molecule has 0 atom stereocenters. The molecule has 3 nitrogen and oxygen atoms in total. The number of benzene rings is 1. The first-order valence-electron chi connectivity index (χ1n) is 5.81. The van der Waals surface area contributed by atoms with Gasteiger partial charge >= 0.3 is 0 Å². The fraction of sp³-hybridized carbons (Fsp3) is 0.462. The van der Waals surface area contributed by atoms with Gasteiger partial charge in [0.25, 0.3) is 0 Å². The smallest absolute Gasteiger partial charge is 0.101 e. The molecule has 2 N–H and O–H groups in total. The summed E-state index contributed by atoms with van der Waals surface area (Å²) in [6.07, 6.45) is 2.15. The van der Waals surface area contributed by atoms with Crippen molar-refractivity contribution in [1.29, 1.82) is 5.26 Å². The van der Waals surface area contributed by atoms with Gasteiger partial charge in [-0.05, 0) is 51.1 Å². The van der Waals surface area contributed by atoms with Gasteiger partial charge in [-0.25, -0.2) is 0 Å². The molecule has 0 saturated carbocycles. The molecule has 1 aromatic carbocycles. The van der Waals surface area contributed by atoms with Crippen LogP contribution in [0.5, 0.6) is 0 Å². The molecule has 1 aromatic rings. The second-order valence-electron chi connectivity index (χ2n) is 4.74. The minimum Gasteiger partial charge on any atom is -0.379 e. The van der Waals surface area contributed by atoms with E-state index in [1.807, 2.05) is 18.2 Å². The molecule has 1 aliphatic rings. The van der Waals surface area contributed by atoms with Crippen LogP contribution in [0.4, 0.5) is 5.69 Å². The Bertz CT molecular complexity index is 444. The number of nitriles is 1. The zero-order valence-electron chi connectivity index (χ0n) is 9.89. The molecule has 1 fully saturated rings. The van der Waals surface area contributed by atoms with Crippen LogP contribution < -0.4 is 10.6 Å². The zero-order valence-corrected chi connectivity index (χ0v) is 11.5. The maximum absolute atomic E-state index is 9.13. The molecule has 0 spiro atoms. The van der Waals surface area contributed by atoms with E-state index in [1.54, 1.807) is 0 Å². The molecule has 90 valence electrons. The maximum Gasteiger partial charge on any atom is 0.101 e. The summed E-state index contributed by atoms with van der Waals surface area (Å²) in [5.41, 5.74) is 1.71. The van der Waals surface area contributed by atoms with E-state index in [0.717, 1.165) is 36.1 Å². The van der Waals surface area contributed by atoms with Crippen LogP contribution in [0.1, 0.15) is 25.3 Å². The molecular formula is C13H16BrN3. The number of nitrogens with one attached hydrogen (secondary N) is 2. The van der Waals surface area contributed by atoms with Crippen molar-refractivity contribution in [2.75, 3.05) is 18.4 Å². The van der Waals surface area contributed by atoms with Crippen molar-refractivity contribution in [1.82, 2.24) is 5.32 Å². The summed E-state index contributed by atoms with van der Waals surface area (Å²) in [5.74, 6) is 0. The summed E-state index contributed by atoms with van der Waals surface area (Å²) in [6, 6.07) is 8.02. The molecule has 4 heteroatoms. The monoisotopic (exact) mass is 293 g/mol. The summed E-state index contributed by atoms with van der Waals surface area (Å²) in [5, 5.41) is 16.0. The SMILES string of the molecule is CC1(Nc2ccc(Br)cc2C#N)CCNCC1. The molecule has 1 aliphatic heterocycles. The number of hydrogen-bond acceptors (Lipinski definition) is 3. The summed E-state index contributed by atoms with van der Waals surface area (Å²) in [4.78, 5) is 0. The van der Waals surface area contributed by atoms with Crippen molar-refractivity contribution in [2.24, 2.45) is 0 Å². The van der Waals surface area contributed by atoms with Crippen LogP contribution in [0, 0.1) is 11.3 Å². The third-order valence-electron chi connectivity index (χ3n) is 3.25. The minimum atomic E-state index is 0.0880. The van der Waals surface area contributed by atoms with Gasteiger partial charge in [-0.3, -0.25) is 0 Å². The first-order chi connectivity index (χ1) is 8.13. The number of piperidine rings is 1. The van der Waals surface area contributed by atoms with Crippen LogP contribution in [0.3, 0.4) is 0 Å². The summed E-state index contributed by atoms with van der Waals surface area (Å²) in [7, 11) is 0. The van der Waals surface area contributed by atoms with Gasteiger partial charge < -0.3 is 10.6 Å². The predicted octanol–water partition coefficient (Wildman–Crippen LogP) is 2.87. The third kappa shape index (κ3) is 2.99. The van der Waals surface area contributed by atoms with Gasteiger partial charge in [-0.15, -0.1) is 0 Å². The maximum atomic E-state index is 9.13. The van der Waals surface area contributed by atoms with E-state index in [2.05, 4.69) is 39.6 Å². The van der Waals surface area contributed by atoms with Crippen molar-refractivity contribution in [2.45, 2.75) is 25.3 Å². The highest BCUT2D eigenvalue weighted by Crippen LogP contribution is 2.27. The van der Waals surface area contributed by atoms with E-state index in [0.29, 0.717) is 5.56 Å². The Hall–Kier alpha value is -1.05. The lowest BCUT2D eigenvalue weighted by molar-refractivity contribution is 0.365. The number of nitrogens with zero attached hydrogens (tertiary/aromatic N) is 1. The molecular weight excluding hydrogens is 278 g/mol. The average molecular weight is 294 g/mol. The van der Waals surface area contributed by atoms with Crippen molar-refractivity contribution in [3.8, 4) is 6.07 Å². The van der Waals surface area contributed by atoms with Gasteiger partial charge in [0, 0.05) is 10.0 Å².